The van der Waals surface area contributed by atoms with E-state index in [1.807, 2.05) is 22.9 Å². The molecule has 0 radical (unpaired) electrons. The molecular weight excluding hydrogens is 393 g/mol. The van der Waals surface area contributed by atoms with Crippen LogP contribution in [0.15, 0.2) is 47.4 Å². The number of hydrogen-bond acceptors (Lipinski definition) is 6. The van der Waals surface area contributed by atoms with E-state index in [2.05, 4.69) is 20.8 Å². The van der Waals surface area contributed by atoms with Crippen molar-refractivity contribution >= 4 is 29.1 Å². The maximum absolute atomic E-state index is 14.1. The highest BCUT2D eigenvalue weighted by molar-refractivity contribution is 8.00. The first-order valence-corrected chi connectivity index (χ1v) is 10.1. The van der Waals surface area contributed by atoms with Gasteiger partial charge in [-0.15, -0.1) is 16.9 Å². The molecule has 9 heteroatoms. The summed E-state index contributed by atoms with van der Waals surface area (Å²) in [5, 5.41) is 14.7. The summed E-state index contributed by atoms with van der Waals surface area (Å²) in [6.07, 6.45) is 2.13. The van der Waals surface area contributed by atoms with Gasteiger partial charge in [-0.05, 0) is 54.5 Å². The van der Waals surface area contributed by atoms with Crippen LogP contribution in [0.3, 0.4) is 0 Å². The van der Waals surface area contributed by atoms with E-state index in [0.717, 1.165) is 30.2 Å². The van der Waals surface area contributed by atoms with Crippen molar-refractivity contribution in [2.45, 2.75) is 30.7 Å². The van der Waals surface area contributed by atoms with E-state index in [9.17, 15) is 14.0 Å². The average Bonchev–Trinajstić information content (AvgIpc) is 3.43. The zero-order valence-corrected chi connectivity index (χ0v) is 16.4. The van der Waals surface area contributed by atoms with Crippen molar-refractivity contribution in [2.75, 3.05) is 11.1 Å². The number of rotatable bonds is 7. The second-order valence-electron chi connectivity index (χ2n) is 6.80. The van der Waals surface area contributed by atoms with Crippen molar-refractivity contribution in [1.82, 2.24) is 20.2 Å². The van der Waals surface area contributed by atoms with Crippen LogP contribution >= 0.6 is 11.8 Å². The number of halogens is 1. The molecular formula is C20H18FN5O2S. The molecule has 2 aromatic carbocycles. The standard InChI is InChI=1S/C20H18FN5O2S/c1-12(27)13-5-8-18(17(21)10-13)29-11-19(28)22-15-4-2-3-14(9-15)20-23-24-25-26(20)16-6-7-16/h2-5,8-10,16H,6-7,11H2,1H3,(H,22,28). The predicted octanol–water partition coefficient (Wildman–Crippen LogP) is 3.75. The summed E-state index contributed by atoms with van der Waals surface area (Å²) in [5.74, 6) is -0.259. The molecule has 1 aliphatic carbocycles. The van der Waals surface area contributed by atoms with Gasteiger partial charge in [0.25, 0.3) is 0 Å². The third-order valence-corrected chi connectivity index (χ3v) is 5.54. The van der Waals surface area contributed by atoms with E-state index in [1.165, 1.54) is 19.1 Å². The number of anilines is 1. The number of benzene rings is 2. The number of amides is 1. The van der Waals surface area contributed by atoms with Gasteiger partial charge in [-0.25, -0.2) is 9.07 Å². The largest absolute Gasteiger partial charge is 0.325 e. The number of hydrogen-bond donors (Lipinski definition) is 1. The van der Waals surface area contributed by atoms with Crippen molar-refractivity contribution < 1.29 is 14.0 Å². The van der Waals surface area contributed by atoms with Gasteiger partial charge in [-0.3, -0.25) is 9.59 Å². The van der Waals surface area contributed by atoms with Crippen molar-refractivity contribution in [3.8, 4) is 11.4 Å². The Balaban J connectivity index is 1.40. The van der Waals surface area contributed by atoms with Crippen LogP contribution in [0.5, 0.6) is 0 Å². The molecule has 1 saturated carbocycles. The summed E-state index contributed by atoms with van der Waals surface area (Å²) in [5.41, 5.74) is 1.74. The minimum Gasteiger partial charge on any atom is -0.325 e. The van der Waals surface area contributed by atoms with Gasteiger partial charge in [-0.1, -0.05) is 18.2 Å². The van der Waals surface area contributed by atoms with Crippen molar-refractivity contribution in [1.29, 1.82) is 0 Å². The second-order valence-corrected chi connectivity index (χ2v) is 7.81. The van der Waals surface area contributed by atoms with Gasteiger partial charge in [0, 0.05) is 21.7 Å². The fourth-order valence-corrected chi connectivity index (χ4v) is 3.58. The number of nitrogens with one attached hydrogen (secondary N) is 1. The molecule has 0 bridgehead atoms. The molecule has 7 nitrogen and oxygen atoms in total. The van der Waals surface area contributed by atoms with Crippen molar-refractivity contribution in [3.05, 3.63) is 53.8 Å². The Morgan fingerprint density at radius 3 is 2.79 bits per heavy atom. The van der Waals surface area contributed by atoms with Crippen LogP contribution in [-0.4, -0.2) is 37.7 Å². The third-order valence-electron chi connectivity index (χ3n) is 4.49. The molecule has 0 unspecified atom stereocenters. The lowest BCUT2D eigenvalue weighted by molar-refractivity contribution is -0.113. The van der Waals surface area contributed by atoms with E-state index in [0.29, 0.717) is 28.0 Å². The number of nitrogens with zero attached hydrogens (tertiary/aromatic N) is 4. The molecule has 1 amide bonds. The number of ketones is 1. The molecule has 3 aromatic rings. The minimum atomic E-state index is -0.510. The summed E-state index contributed by atoms with van der Waals surface area (Å²) in [6, 6.07) is 11.9. The highest BCUT2D eigenvalue weighted by Crippen LogP contribution is 2.36. The maximum Gasteiger partial charge on any atom is 0.234 e. The molecule has 0 aliphatic heterocycles. The molecule has 0 saturated heterocycles. The molecule has 148 valence electrons. The molecule has 29 heavy (non-hydrogen) atoms. The Morgan fingerprint density at radius 1 is 1.24 bits per heavy atom. The number of carbonyl (C=O) groups excluding carboxylic acids is 2. The molecule has 0 spiro atoms. The first-order chi connectivity index (χ1) is 14.0. The van der Waals surface area contributed by atoms with Crippen LogP contribution < -0.4 is 5.32 Å². The van der Waals surface area contributed by atoms with Crippen LogP contribution in [0.1, 0.15) is 36.2 Å². The zero-order chi connectivity index (χ0) is 20.4. The maximum atomic E-state index is 14.1. The van der Waals surface area contributed by atoms with Gasteiger partial charge in [0.1, 0.15) is 5.82 Å². The van der Waals surface area contributed by atoms with E-state index < -0.39 is 5.82 Å². The Labute approximate surface area is 170 Å². The first-order valence-electron chi connectivity index (χ1n) is 9.12. The number of thioether (sulfide) groups is 1. The minimum absolute atomic E-state index is 0.0420. The highest BCUT2D eigenvalue weighted by atomic mass is 32.2. The summed E-state index contributed by atoms with van der Waals surface area (Å²) in [6.45, 7) is 1.38. The van der Waals surface area contributed by atoms with Gasteiger partial charge >= 0.3 is 0 Å². The normalized spacial score (nSPS) is 13.3. The topological polar surface area (TPSA) is 89.8 Å². The Kier molecular flexibility index (Phi) is 5.39. The molecule has 1 N–H and O–H groups in total. The van der Waals surface area contributed by atoms with Crippen LogP contribution in [0.2, 0.25) is 0 Å². The molecule has 0 atom stereocenters. The van der Waals surface area contributed by atoms with Gasteiger partial charge in [0.05, 0.1) is 11.8 Å². The van der Waals surface area contributed by atoms with E-state index >= 15 is 0 Å². The number of Topliss-reactive ketones (excluding diaryl/α,β-unsaturated/α-hetero) is 1. The Hall–Kier alpha value is -3.07. The number of aromatic nitrogens is 4. The average molecular weight is 411 g/mol. The lowest BCUT2D eigenvalue weighted by Gasteiger charge is -2.08. The smallest absolute Gasteiger partial charge is 0.234 e. The SMILES string of the molecule is CC(=O)c1ccc(SCC(=O)Nc2cccc(-c3nnnn3C3CC3)c2)c(F)c1. The molecule has 1 heterocycles. The molecule has 4 rings (SSSR count). The molecule has 1 fully saturated rings. The van der Waals surface area contributed by atoms with Crippen LogP contribution in [0.25, 0.3) is 11.4 Å². The fraction of sp³-hybridized carbons (Fsp3) is 0.250. The van der Waals surface area contributed by atoms with Gasteiger partial charge < -0.3 is 5.32 Å². The summed E-state index contributed by atoms with van der Waals surface area (Å²) in [7, 11) is 0. The first kappa shape index (κ1) is 19.3. The monoisotopic (exact) mass is 411 g/mol. The van der Waals surface area contributed by atoms with Gasteiger partial charge in [0.15, 0.2) is 11.6 Å². The second kappa shape index (κ2) is 8.12. The van der Waals surface area contributed by atoms with Crippen LogP contribution in [-0.2, 0) is 4.79 Å². The van der Waals surface area contributed by atoms with Crippen LogP contribution in [0, 0.1) is 5.82 Å². The van der Waals surface area contributed by atoms with Crippen molar-refractivity contribution in [3.63, 3.8) is 0 Å². The van der Waals surface area contributed by atoms with E-state index in [1.54, 1.807) is 12.1 Å². The Bertz CT molecular complexity index is 1080. The Morgan fingerprint density at radius 2 is 2.07 bits per heavy atom. The fourth-order valence-electron chi connectivity index (χ4n) is 2.86. The van der Waals surface area contributed by atoms with E-state index in [4.69, 9.17) is 0 Å². The summed E-state index contributed by atoms with van der Waals surface area (Å²) < 4.78 is 15.9. The quantitative estimate of drug-likeness (QED) is 0.470. The van der Waals surface area contributed by atoms with Crippen molar-refractivity contribution in [2.24, 2.45) is 0 Å². The summed E-state index contributed by atoms with van der Waals surface area (Å²) in [4.78, 5) is 23.9. The lowest BCUT2D eigenvalue weighted by atomic mass is 10.1. The van der Waals surface area contributed by atoms with Crippen LogP contribution in [0.4, 0.5) is 10.1 Å². The molecule has 1 aliphatic rings. The number of carbonyl (C=O) groups is 2. The zero-order valence-electron chi connectivity index (χ0n) is 15.6. The highest BCUT2D eigenvalue weighted by Gasteiger charge is 2.28. The number of tetrazole rings is 1. The van der Waals surface area contributed by atoms with E-state index in [-0.39, 0.29) is 17.4 Å². The summed E-state index contributed by atoms with van der Waals surface area (Å²) >= 11 is 1.08. The lowest BCUT2D eigenvalue weighted by Crippen LogP contribution is -2.14. The molecule has 1 aromatic heterocycles. The third kappa shape index (κ3) is 4.51. The predicted molar refractivity (Wildman–Crippen MR) is 107 cm³/mol. The van der Waals surface area contributed by atoms with Gasteiger partial charge in [0.2, 0.25) is 5.91 Å². The van der Waals surface area contributed by atoms with Gasteiger partial charge in [-0.2, -0.15) is 0 Å².